The van der Waals surface area contributed by atoms with E-state index in [0.29, 0.717) is 6.42 Å². The molecule has 18 heavy (non-hydrogen) atoms. The molecule has 1 amide bonds. The lowest BCUT2D eigenvalue weighted by Gasteiger charge is -2.15. The van der Waals surface area contributed by atoms with Gasteiger partial charge in [-0.05, 0) is 26.9 Å². The predicted molar refractivity (Wildman–Crippen MR) is 73.6 cm³/mol. The summed E-state index contributed by atoms with van der Waals surface area (Å²) in [4.78, 5) is 14.0. The van der Waals surface area contributed by atoms with Gasteiger partial charge < -0.3 is 10.2 Å². The van der Waals surface area contributed by atoms with Gasteiger partial charge in [0.15, 0.2) is 0 Å². The Kier molecular flexibility index (Phi) is 5.85. The van der Waals surface area contributed by atoms with Gasteiger partial charge in [-0.2, -0.15) is 5.10 Å². The molecular weight excluding hydrogens is 228 g/mol. The van der Waals surface area contributed by atoms with E-state index in [2.05, 4.69) is 29.3 Å². The first-order valence-electron chi connectivity index (χ1n) is 6.52. The van der Waals surface area contributed by atoms with Gasteiger partial charge in [0.05, 0.1) is 5.69 Å². The number of carbonyl (C=O) groups is 1. The molecular formula is C13H24N4O. The van der Waals surface area contributed by atoms with Crippen LogP contribution in [0.3, 0.4) is 0 Å². The van der Waals surface area contributed by atoms with Gasteiger partial charge in [0, 0.05) is 26.1 Å². The van der Waals surface area contributed by atoms with Gasteiger partial charge in [-0.25, -0.2) is 0 Å². The summed E-state index contributed by atoms with van der Waals surface area (Å²) >= 11 is 0. The minimum Gasteiger partial charge on any atom is -0.311 e. The van der Waals surface area contributed by atoms with Crippen LogP contribution in [0.5, 0.6) is 0 Å². The van der Waals surface area contributed by atoms with E-state index in [1.807, 2.05) is 20.0 Å². The van der Waals surface area contributed by atoms with E-state index in [1.165, 1.54) is 12.8 Å². The first-order valence-corrected chi connectivity index (χ1v) is 6.52. The second-order valence-corrected chi connectivity index (χ2v) is 4.75. The van der Waals surface area contributed by atoms with Crippen molar-refractivity contribution in [2.45, 2.75) is 33.1 Å². The minimum absolute atomic E-state index is 0.0429. The molecule has 0 aliphatic carbocycles. The van der Waals surface area contributed by atoms with Crippen LogP contribution in [0, 0.1) is 6.92 Å². The maximum atomic E-state index is 11.8. The van der Waals surface area contributed by atoms with Gasteiger partial charge in [-0.1, -0.05) is 13.3 Å². The van der Waals surface area contributed by atoms with Gasteiger partial charge >= 0.3 is 0 Å². The van der Waals surface area contributed by atoms with Crippen LogP contribution in [0.4, 0.5) is 5.82 Å². The minimum atomic E-state index is 0.0429. The zero-order valence-electron chi connectivity index (χ0n) is 11.9. The zero-order valence-corrected chi connectivity index (χ0v) is 11.9. The Hall–Kier alpha value is -1.36. The molecule has 1 aromatic heterocycles. The number of aryl methyl sites for hydroxylation is 2. The standard InChI is InChI=1S/C13H24N4O/c1-5-6-8-16(3)9-7-13(18)14-12-10-11(2)15-17(12)4/h10H,5-9H2,1-4H3,(H,14,18). The highest BCUT2D eigenvalue weighted by atomic mass is 16.1. The lowest BCUT2D eigenvalue weighted by atomic mass is 10.3. The van der Waals surface area contributed by atoms with E-state index >= 15 is 0 Å². The van der Waals surface area contributed by atoms with Gasteiger partial charge in [0.1, 0.15) is 5.82 Å². The number of rotatable bonds is 7. The lowest BCUT2D eigenvalue weighted by molar-refractivity contribution is -0.116. The normalized spacial score (nSPS) is 10.9. The summed E-state index contributed by atoms with van der Waals surface area (Å²) in [5.41, 5.74) is 0.910. The molecule has 1 rings (SSSR count). The monoisotopic (exact) mass is 252 g/mol. The Labute approximate surface area is 109 Å². The molecule has 0 aliphatic heterocycles. The molecule has 0 spiro atoms. The molecule has 1 heterocycles. The molecule has 0 fully saturated rings. The van der Waals surface area contributed by atoms with Gasteiger partial charge in [0.2, 0.25) is 5.91 Å². The van der Waals surface area contributed by atoms with Gasteiger partial charge in [-0.3, -0.25) is 9.48 Å². The molecule has 1 N–H and O–H groups in total. The third kappa shape index (κ3) is 4.87. The fourth-order valence-electron chi connectivity index (χ4n) is 1.77. The average Bonchev–Trinajstić information content (AvgIpc) is 2.62. The number of hydrogen-bond donors (Lipinski definition) is 1. The Morgan fingerprint density at radius 2 is 2.22 bits per heavy atom. The van der Waals surface area contributed by atoms with E-state index in [1.54, 1.807) is 4.68 Å². The molecule has 5 nitrogen and oxygen atoms in total. The Morgan fingerprint density at radius 3 is 2.78 bits per heavy atom. The van der Waals surface area contributed by atoms with Crippen LogP contribution in [0.1, 0.15) is 31.9 Å². The average molecular weight is 252 g/mol. The highest BCUT2D eigenvalue weighted by molar-refractivity contribution is 5.90. The van der Waals surface area contributed by atoms with Crippen molar-refractivity contribution in [2.75, 3.05) is 25.5 Å². The van der Waals surface area contributed by atoms with Crippen molar-refractivity contribution in [3.8, 4) is 0 Å². The lowest BCUT2D eigenvalue weighted by Crippen LogP contribution is -2.25. The summed E-state index contributed by atoms with van der Waals surface area (Å²) in [6, 6.07) is 1.87. The number of carbonyl (C=O) groups excluding carboxylic acids is 1. The first kappa shape index (κ1) is 14.7. The molecule has 102 valence electrons. The molecule has 0 radical (unpaired) electrons. The van der Waals surface area contributed by atoms with E-state index < -0.39 is 0 Å². The van der Waals surface area contributed by atoms with Crippen LogP contribution in [0.25, 0.3) is 0 Å². The number of hydrogen-bond acceptors (Lipinski definition) is 3. The Bertz CT molecular complexity index is 386. The molecule has 0 saturated carbocycles. The molecule has 0 aliphatic rings. The molecule has 1 aromatic rings. The summed E-state index contributed by atoms with van der Waals surface area (Å²) in [6.07, 6.45) is 2.88. The number of aromatic nitrogens is 2. The van der Waals surface area contributed by atoms with Crippen molar-refractivity contribution in [1.29, 1.82) is 0 Å². The van der Waals surface area contributed by atoms with Crippen molar-refractivity contribution < 1.29 is 4.79 Å². The largest absolute Gasteiger partial charge is 0.311 e. The first-order chi connectivity index (χ1) is 8.52. The Morgan fingerprint density at radius 1 is 1.50 bits per heavy atom. The van der Waals surface area contributed by atoms with E-state index in [-0.39, 0.29) is 5.91 Å². The summed E-state index contributed by atoms with van der Waals surface area (Å²) in [5, 5.41) is 7.07. The maximum Gasteiger partial charge on any atom is 0.226 e. The Balaban J connectivity index is 2.31. The topological polar surface area (TPSA) is 50.2 Å². The highest BCUT2D eigenvalue weighted by Gasteiger charge is 2.08. The fraction of sp³-hybridized carbons (Fsp3) is 0.692. The number of amides is 1. The van der Waals surface area contributed by atoms with E-state index in [4.69, 9.17) is 0 Å². The van der Waals surface area contributed by atoms with Crippen molar-refractivity contribution in [2.24, 2.45) is 7.05 Å². The number of nitrogens with zero attached hydrogens (tertiary/aromatic N) is 3. The SMILES string of the molecule is CCCCN(C)CCC(=O)Nc1cc(C)nn1C. The summed E-state index contributed by atoms with van der Waals surface area (Å²) < 4.78 is 1.69. The second-order valence-electron chi connectivity index (χ2n) is 4.75. The molecule has 0 saturated heterocycles. The van der Waals surface area contributed by atoms with Crippen LogP contribution in [-0.4, -0.2) is 40.7 Å². The van der Waals surface area contributed by atoms with Crippen molar-refractivity contribution in [3.63, 3.8) is 0 Å². The van der Waals surface area contributed by atoms with Gasteiger partial charge in [0.25, 0.3) is 0 Å². The third-order valence-electron chi connectivity index (χ3n) is 2.88. The summed E-state index contributed by atoms with van der Waals surface area (Å²) in [7, 11) is 3.88. The third-order valence-corrected chi connectivity index (χ3v) is 2.88. The van der Waals surface area contributed by atoms with Crippen LogP contribution in [-0.2, 0) is 11.8 Å². The summed E-state index contributed by atoms with van der Waals surface area (Å²) in [6.45, 7) is 5.93. The van der Waals surface area contributed by atoms with E-state index in [9.17, 15) is 4.79 Å². The molecule has 5 heteroatoms. The molecule has 0 aromatic carbocycles. The summed E-state index contributed by atoms with van der Waals surface area (Å²) in [5.74, 6) is 0.801. The fourth-order valence-corrected chi connectivity index (χ4v) is 1.77. The van der Waals surface area contributed by atoms with Crippen LogP contribution >= 0.6 is 0 Å². The maximum absolute atomic E-state index is 11.8. The number of unbranched alkanes of at least 4 members (excludes halogenated alkanes) is 1. The number of anilines is 1. The van der Waals surface area contributed by atoms with Crippen LogP contribution in [0.2, 0.25) is 0 Å². The van der Waals surface area contributed by atoms with Crippen LogP contribution in [0.15, 0.2) is 6.07 Å². The highest BCUT2D eigenvalue weighted by Crippen LogP contribution is 2.08. The zero-order chi connectivity index (χ0) is 13.5. The number of nitrogens with one attached hydrogen (secondary N) is 1. The molecule has 0 bridgehead atoms. The predicted octanol–water partition coefficient (Wildman–Crippen LogP) is 1.79. The second kappa shape index (κ2) is 7.16. The van der Waals surface area contributed by atoms with E-state index in [0.717, 1.165) is 24.6 Å². The van der Waals surface area contributed by atoms with Crippen LogP contribution < -0.4 is 5.32 Å². The smallest absolute Gasteiger partial charge is 0.226 e. The van der Waals surface area contributed by atoms with Crippen molar-refractivity contribution >= 4 is 11.7 Å². The van der Waals surface area contributed by atoms with Gasteiger partial charge in [-0.15, -0.1) is 0 Å². The molecule has 0 atom stereocenters. The van der Waals surface area contributed by atoms with Crippen molar-refractivity contribution in [3.05, 3.63) is 11.8 Å². The molecule has 0 unspecified atom stereocenters. The quantitative estimate of drug-likeness (QED) is 0.805. The van der Waals surface area contributed by atoms with Crippen molar-refractivity contribution in [1.82, 2.24) is 14.7 Å².